The molecule has 0 spiro atoms. The molecule has 1 aliphatic rings. The van der Waals surface area contributed by atoms with Crippen molar-refractivity contribution in [3.8, 4) is 11.5 Å². The van der Waals surface area contributed by atoms with E-state index in [9.17, 15) is 0 Å². The van der Waals surface area contributed by atoms with Gasteiger partial charge >= 0.3 is 0 Å². The molecule has 0 bridgehead atoms. The Hall–Kier alpha value is -2.25. The maximum absolute atomic E-state index is 6.03. The van der Waals surface area contributed by atoms with Gasteiger partial charge in [0.2, 0.25) is 5.95 Å². The number of nitrogen functional groups attached to an aromatic ring is 1. The molecule has 3 rings (SSSR count). The van der Waals surface area contributed by atoms with Crippen molar-refractivity contribution in [3.63, 3.8) is 0 Å². The lowest BCUT2D eigenvalue weighted by molar-refractivity contribution is 0.171. The van der Waals surface area contributed by atoms with Crippen LogP contribution in [0.25, 0.3) is 0 Å². The zero-order valence-electron chi connectivity index (χ0n) is 10.4. The molecule has 0 saturated heterocycles. The van der Waals surface area contributed by atoms with Gasteiger partial charge in [0.15, 0.2) is 17.3 Å². The molecule has 1 aromatic heterocycles. The number of fused-ring (bicyclic) bond motifs is 1. The Kier molecular flexibility index (Phi) is 3.44. The third-order valence-electron chi connectivity index (χ3n) is 2.68. The first-order chi connectivity index (χ1) is 9.76. The number of hydrazine groups is 1. The van der Waals surface area contributed by atoms with Gasteiger partial charge < -0.3 is 14.8 Å². The van der Waals surface area contributed by atoms with E-state index in [1.807, 2.05) is 18.2 Å². The van der Waals surface area contributed by atoms with Gasteiger partial charge in [-0.2, -0.15) is 4.98 Å². The first-order valence-corrected chi connectivity index (χ1v) is 6.30. The van der Waals surface area contributed by atoms with Crippen LogP contribution >= 0.6 is 11.6 Å². The number of nitrogens with two attached hydrogens (primary N) is 1. The molecule has 4 N–H and O–H groups in total. The van der Waals surface area contributed by atoms with E-state index in [4.69, 9.17) is 26.9 Å². The Labute approximate surface area is 120 Å². The predicted molar refractivity (Wildman–Crippen MR) is 75.6 cm³/mol. The number of benzene rings is 1. The summed E-state index contributed by atoms with van der Waals surface area (Å²) in [6, 6.07) is 5.50. The Morgan fingerprint density at radius 3 is 2.80 bits per heavy atom. The molecule has 0 radical (unpaired) electrons. The van der Waals surface area contributed by atoms with Crippen LogP contribution in [0.3, 0.4) is 0 Å². The average molecular weight is 294 g/mol. The molecule has 2 heterocycles. The molecular formula is C12H12ClN5O2. The molecule has 0 unspecified atom stereocenters. The number of aromatic nitrogens is 2. The Morgan fingerprint density at radius 1 is 1.20 bits per heavy atom. The fourth-order valence-electron chi connectivity index (χ4n) is 1.78. The Balaban J connectivity index is 1.87. The molecule has 8 heteroatoms. The maximum Gasteiger partial charge on any atom is 0.239 e. The molecule has 0 amide bonds. The molecule has 0 aliphatic carbocycles. The van der Waals surface area contributed by atoms with Crippen LogP contribution < -0.4 is 26.1 Å². The van der Waals surface area contributed by atoms with E-state index in [-0.39, 0.29) is 5.95 Å². The number of hydrogen-bond donors (Lipinski definition) is 3. The lowest BCUT2D eigenvalue weighted by Crippen LogP contribution is -2.15. The van der Waals surface area contributed by atoms with Crippen molar-refractivity contribution in [2.45, 2.75) is 0 Å². The summed E-state index contributed by atoms with van der Waals surface area (Å²) in [5, 5.41) is 3.47. The molecule has 2 aromatic rings. The summed E-state index contributed by atoms with van der Waals surface area (Å²) in [6.45, 7) is 1.09. The summed E-state index contributed by atoms with van der Waals surface area (Å²) < 4.78 is 11.0. The van der Waals surface area contributed by atoms with Crippen molar-refractivity contribution in [2.75, 3.05) is 24.0 Å². The van der Waals surface area contributed by atoms with Gasteiger partial charge in [0.1, 0.15) is 18.2 Å². The normalized spacial score (nSPS) is 12.9. The molecular weight excluding hydrogens is 282 g/mol. The highest BCUT2D eigenvalue weighted by Gasteiger charge is 2.13. The zero-order chi connectivity index (χ0) is 13.9. The van der Waals surface area contributed by atoms with E-state index < -0.39 is 0 Å². The van der Waals surface area contributed by atoms with E-state index in [2.05, 4.69) is 20.7 Å². The highest BCUT2D eigenvalue weighted by Crippen LogP contribution is 2.34. The second-order valence-corrected chi connectivity index (χ2v) is 4.43. The first-order valence-electron chi connectivity index (χ1n) is 5.92. The molecule has 0 saturated carbocycles. The summed E-state index contributed by atoms with van der Waals surface area (Å²) in [5.41, 5.74) is 3.14. The molecule has 1 aromatic carbocycles. The van der Waals surface area contributed by atoms with Gasteiger partial charge in [-0.25, -0.2) is 10.8 Å². The van der Waals surface area contributed by atoms with Crippen LogP contribution in [0.5, 0.6) is 11.5 Å². The van der Waals surface area contributed by atoms with Crippen LogP contribution in [0.4, 0.5) is 17.5 Å². The topological polar surface area (TPSA) is 94.3 Å². The fourth-order valence-corrected chi connectivity index (χ4v) is 1.92. The predicted octanol–water partition coefficient (Wildman–Crippen LogP) is 1.93. The minimum Gasteiger partial charge on any atom is -0.486 e. The maximum atomic E-state index is 6.03. The summed E-state index contributed by atoms with van der Waals surface area (Å²) in [5.74, 6) is 7.40. The molecule has 20 heavy (non-hydrogen) atoms. The van der Waals surface area contributed by atoms with Crippen molar-refractivity contribution < 1.29 is 9.47 Å². The Morgan fingerprint density at radius 2 is 2.00 bits per heavy atom. The largest absolute Gasteiger partial charge is 0.486 e. The average Bonchev–Trinajstić information content (AvgIpc) is 2.49. The fraction of sp³-hybridized carbons (Fsp3) is 0.167. The van der Waals surface area contributed by atoms with Crippen LogP contribution in [0.1, 0.15) is 0 Å². The van der Waals surface area contributed by atoms with E-state index in [0.717, 1.165) is 11.4 Å². The SMILES string of the molecule is NNc1ncc(Cl)c(Nc2ccc3c(c2)OCCO3)n1. The quantitative estimate of drug-likeness (QED) is 0.588. The van der Waals surface area contributed by atoms with Crippen LogP contribution in [0.15, 0.2) is 24.4 Å². The smallest absolute Gasteiger partial charge is 0.239 e. The number of halogens is 1. The zero-order valence-corrected chi connectivity index (χ0v) is 11.1. The lowest BCUT2D eigenvalue weighted by Gasteiger charge is -2.19. The van der Waals surface area contributed by atoms with Gasteiger partial charge in [0.25, 0.3) is 0 Å². The number of nitrogens with zero attached hydrogens (tertiary/aromatic N) is 2. The second-order valence-electron chi connectivity index (χ2n) is 4.02. The molecule has 0 fully saturated rings. The summed E-state index contributed by atoms with van der Waals surface area (Å²) in [4.78, 5) is 8.04. The monoisotopic (exact) mass is 293 g/mol. The van der Waals surface area contributed by atoms with Crippen LogP contribution in [0.2, 0.25) is 5.02 Å². The van der Waals surface area contributed by atoms with Crippen LogP contribution in [-0.2, 0) is 0 Å². The molecule has 7 nitrogen and oxygen atoms in total. The summed E-state index contributed by atoms with van der Waals surface area (Å²) >= 11 is 6.03. The van der Waals surface area contributed by atoms with Crippen LogP contribution in [0, 0.1) is 0 Å². The van der Waals surface area contributed by atoms with Crippen molar-refractivity contribution in [3.05, 3.63) is 29.4 Å². The molecule has 0 atom stereocenters. The standard InChI is InChI=1S/C12H12ClN5O2/c13-8-6-15-12(18-14)17-11(8)16-7-1-2-9-10(5-7)20-4-3-19-9/h1-2,5-6H,3-4,14H2,(H2,15,16,17,18). The molecule has 1 aliphatic heterocycles. The third-order valence-corrected chi connectivity index (χ3v) is 2.95. The van der Waals surface area contributed by atoms with Gasteiger partial charge in [-0.05, 0) is 12.1 Å². The van der Waals surface area contributed by atoms with Crippen molar-refractivity contribution in [1.82, 2.24) is 9.97 Å². The van der Waals surface area contributed by atoms with Crippen molar-refractivity contribution >= 4 is 29.1 Å². The van der Waals surface area contributed by atoms with Crippen molar-refractivity contribution in [1.29, 1.82) is 0 Å². The molecule has 104 valence electrons. The second kappa shape index (κ2) is 5.40. The summed E-state index contributed by atoms with van der Waals surface area (Å²) in [6.07, 6.45) is 1.46. The van der Waals surface area contributed by atoms with Crippen molar-refractivity contribution in [2.24, 2.45) is 5.84 Å². The van der Waals surface area contributed by atoms with E-state index in [0.29, 0.717) is 29.8 Å². The minimum atomic E-state index is 0.273. The number of anilines is 3. The summed E-state index contributed by atoms with van der Waals surface area (Å²) in [7, 11) is 0. The Bertz CT molecular complexity index is 637. The van der Waals surface area contributed by atoms with Gasteiger partial charge in [-0.15, -0.1) is 0 Å². The minimum absolute atomic E-state index is 0.273. The highest BCUT2D eigenvalue weighted by atomic mass is 35.5. The number of ether oxygens (including phenoxy) is 2. The van der Waals surface area contributed by atoms with E-state index in [1.54, 1.807) is 0 Å². The first kappa shape index (κ1) is 12.8. The van der Waals surface area contributed by atoms with E-state index in [1.165, 1.54) is 6.20 Å². The third kappa shape index (κ3) is 2.54. The number of nitrogens with one attached hydrogen (secondary N) is 2. The highest BCUT2D eigenvalue weighted by molar-refractivity contribution is 6.32. The van der Waals surface area contributed by atoms with Gasteiger partial charge in [-0.1, -0.05) is 11.6 Å². The van der Waals surface area contributed by atoms with Gasteiger partial charge in [0, 0.05) is 11.8 Å². The van der Waals surface area contributed by atoms with E-state index >= 15 is 0 Å². The van der Waals surface area contributed by atoms with Gasteiger partial charge in [0.05, 0.1) is 6.20 Å². The number of rotatable bonds is 3. The van der Waals surface area contributed by atoms with Gasteiger partial charge in [-0.3, -0.25) is 5.43 Å². The van der Waals surface area contributed by atoms with Crippen LogP contribution in [-0.4, -0.2) is 23.2 Å². The lowest BCUT2D eigenvalue weighted by atomic mass is 10.2. The number of hydrogen-bond acceptors (Lipinski definition) is 7.